The van der Waals surface area contributed by atoms with Gasteiger partial charge in [-0.25, -0.2) is 0 Å². The number of aliphatic hydroxyl groups is 3. The Morgan fingerprint density at radius 3 is 2.53 bits per heavy atom. The summed E-state index contributed by atoms with van der Waals surface area (Å²) in [5.41, 5.74) is 2.29. The van der Waals surface area contributed by atoms with Crippen molar-refractivity contribution in [3.05, 3.63) is 69.8 Å². The highest BCUT2D eigenvalue weighted by molar-refractivity contribution is 6.30. The number of nitrogens with zero attached hydrogens (tertiary/aromatic N) is 1. The van der Waals surface area contributed by atoms with E-state index in [4.69, 9.17) is 21.1 Å². The van der Waals surface area contributed by atoms with Crippen LogP contribution in [0.4, 0.5) is 0 Å². The van der Waals surface area contributed by atoms with Crippen LogP contribution < -0.4 is 14.8 Å². The predicted molar refractivity (Wildman–Crippen MR) is 141 cm³/mol. The van der Waals surface area contributed by atoms with Gasteiger partial charge in [-0.1, -0.05) is 30.7 Å². The van der Waals surface area contributed by atoms with E-state index in [0.29, 0.717) is 39.6 Å². The Hall–Kier alpha value is -3.11. The summed E-state index contributed by atoms with van der Waals surface area (Å²) < 4.78 is 11.7. The van der Waals surface area contributed by atoms with Gasteiger partial charge in [0.25, 0.3) is 0 Å². The molecule has 4 rings (SSSR count). The number of nitrogens with one attached hydrogen (secondary N) is 1. The van der Waals surface area contributed by atoms with Gasteiger partial charge in [-0.2, -0.15) is 0 Å². The number of benzene rings is 2. The van der Waals surface area contributed by atoms with Crippen molar-refractivity contribution >= 4 is 23.4 Å². The number of ether oxygens (including phenoxy) is 2. The van der Waals surface area contributed by atoms with Crippen LogP contribution in [0, 0.1) is 0 Å². The van der Waals surface area contributed by atoms with Crippen LogP contribution in [0.25, 0.3) is 0 Å². The van der Waals surface area contributed by atoms with Crippen LogP contribution in [0.5, 0.6) is 11.5 Å². The van der Waals surface area contributed by atoms with Crippen molar-refractivity contribution in [2.24, 2.45) is 0 Å². The zero-order chi connectivity index (χ0) is 27.4. The lowest BCUT2D eigenvalue weighted by Gasteiger charge is -2.40. The molecule has 0 spiro atoms. The molecule has 1 aliphatic carbocycles. The molecule has 0 fully saturated rings. The second kappa shape index (κ2) is 12.2. The topological polar surface area (TPSA) is 129 Å². The monoisotopic (exact) mass is 544 g/mol. The van der Waals surface area contributed by atoms with E-state index in [1.165, 1.54) is 7.11 Å². The zero-order valence-corrected chi connectivity index (χ0v) is 22.1. The summed E-state index contributed by atoms with van der Waals surface area (Å²) in [6, 6.07) is 9.61. The van der Waals surface area contributed by atoms with Gasteiger partial charge in [0.2, 0.25) is 11.8 Å². The first-order valence-electron chi connectivity index (χ1n) is 12.6. The third-order valence-electron chi connectivity index (χ3n) is 6.91. The SMILES string of the molecule is CCCC(=O)N(Cc1ccc(Cl)cc1)[C@@H]1C=C(C(=O)NCCO)[C@@H]2c3cc(CO)cc(OC)c3O[C@@H]2[C@H]1O. The van der Waals surface area contributed by atoms with Crippen molar-refractivity contribution in [1.82, 2.24) is 10.2 Å². The highest BCUT2D eigenvalue weighted by Gasteiger charge is 2.51. The number of fused-ring (bicyclic) bond motifs is 3. The average Bonchev–Trinajstić information content (AvgIpc) is 3.31. The van der Waals surface area contributed by atoms with E-state index in [1.54, 1.807) is 35.2 Å². The third-order valence-corrected chi connectivity index (χ3v) is 7.16. The van der Waals surface area contributed by atoms with E-state index < -0.39 is 30.1 Å². The first kappa shape index (κ1) is 27.9. The Bertz CT molecular complexity index is 1200. The molecule has 0 aromatic heterocycles. The van der Waals surface area contributed by atoms with Crippen LogP contribution in [-0.2, 0) is 22.7 Å². The van der Waals surface area contributed by atoms with Crippen molar-refractivity contribution in [1.29, 1.82) is 0 Å². The van der Waals surface area contributed by atoms with Gasteiger partial charge in [-0.15, -0.1) is 0 Å². The number of rotatable bonds is 10. The number of carbonyl (C=O) groups excluding carboxylic acids is 2. The number of methoxy groups -OCH3 is 1. The molecule has 2 aliphatic rings. The fraction of sp³-hybridized carbons (Fsp3) is 0.429. The minimum absolute atomic E-state index is 0.0394. The number of carbonyl (C=O) groups is 2. The number of hydrogen-bond donors (Lipinski definition) is 4. The lowest BCUT2D eigenvalue weighted by Crippen LogP contribution is -2.55. The van der Waals surface area contributed by atoms with Crippen LogP contribution in [0.2, 0.25) is 5.02 Å². The first-order chi connectivity index (χ1) is 18.3. The van der Waals surface area contributed by atoms with Crippen LogP contribution in [0.3, 0.4) is 0 Å². The molecule has 2 aromatic carbocycles. The fourth-order valence-electron chi connectivity index (χ4n) is 5.12. The Labute approximate surface area is 226 Å². The lowest BCUT2D eigenvalue weighted by molar-refractivity contribution is -0.138. The highest BCUT2D eigenvalue weighted by atomic mass is 35.5. The van der Waals surface area contributed by atoms with Crippen molar-refractivity contribution in [2.75, 3.05) is 20.3 Å². The summed E-state index contributed by atoms with van der Waals surface area (Å²) in [4.78, 5) is 28.3. The van der Waals surface area contributed by atoms with Crippen molar-refractivity contribution in [2.45, 2.75) is 57.1 Å². The smallest absolute Gasteiger partial charge is 0.247 e. The number of aliphatic hydroxyl groups excluding tert-OH is 3. The van der Waals surface area contributed by atoms with Gasteiger partial charge in [0.1, 0.15) is 12.2 Å². The molecule has 0 unspecified atom stereocenters. The molecule has 0 saturated carbocycles. The summed E-state index contributed by atoms with van der Waals surface area (Å²) in [7, 11) is 1.48. The van der Waals surface area contributed by atoms with E-state index in [0.717, 1.165) is 5.56 Å². The molecule has 2 amide bonds. The number of amides is 2. The zero-order valence-electron chi connectivity index (χ0n) is 21.4. The normalized spacial score (nSPS) is 21.6. The van der Waals surface area contributed by atoms with Crippen LogP contribution in [0.15, 0.2) is 48.0 Å². The summed E-state index contributed by atoms with van der Waals surface area (Å²) in [5, 5.41) is 34.0. The first-order valence-corrected chi connectivity index (χ1v) is 13.0. The molecule has 0 bridgehead atoms. The maximum Gasteiger partial charge on any atom is 0.247 e. The Kier molecular flexibility index (Phi) is 8.94. The second-order valence-corrected chi connectivity index (χ2v) is 9.85. The van der Waals surface area contributed by atoms with Gasteiger partial charge in [-0.3, -0.25) is 9.59 Å². The van der Waals surface area contributed by atoms with Gasteiger partial charge in [-0.05, 0) is 47.9 Å². The number of hydrogen-bond acceptors (Lipinski definition) is 7. The molecule has 9 nitrogen and oxygen atoms in total. The van der Waals surface area contributed by atoms with E-state index in [-0.39, 0.29) is 38.6 Å². The van der Waals surface area contributed by atoms with Crippen LogP contribution in [0.1, 0.15) is 42.4 Å². The molecule has 4 N–H and O–H groups in total. The minimum atomic E-state index is -1.17. The molecule has 204 valence electrons. The van der Waals surface area contributed by atoms with E-state index in [1.807, 2.05) is 19.1 Å². The lowest BCUT2D eigenvalue weighted by atomic mass is 9.77. The maximum atomic E-state index is 13.4. The molecule has 0 radical (unpaired) electrons. The van der Waals surface area contributed by atoms with Crippen molar-refractivity contribution < 1.29 is 34.4 Å². The maximum absolute atomic E-state index is 13.4. The summed E-state index contributed by atoms with van der Waals surface area (Å²) in [6.45, 7) is 1.64. The molecule has 4 atom stereocenters. The van der Waals surface area contributed by atoms with Crippen molar-refractivity contribution in [3.8, 4) is 11.5 Å². The highest BCUT2D eigenvalue weighted by Crippen LogP contribution is 2.51. The van der Waals surface area contributed by atoms with E-state index in [9.17, 15) is 24.9 Å². The van der Waals surface area contributed by atoms with Gasteiger partial charge < -0.3 is 35.0 Å². The largest absolute Gasteiger partial charge is 0.493 e. The second-order valence-electron chi connectivity index (χ2n) is 9.42. The Balaban J connectivity index is 1.81. The molecule has 38 heavy (non-hydrogen) atoms. The van der Waals surface area contributed by atoms with Crippen molar-refractivity contribution in [3.63, 3.8) is 0 Å². The van der Waals surface area contributed by atoms with E-state index >= 15 is 0 Å². The predicted octanol–water partition coefficient (Wildman–Crippen LogP) is 2.29. The molecular formula is C28H33ClN2O7. The molecular weight excluding hydrogens is 512 g/mol. The van der Waals surface area contributed by atoms with Gasteiger partial charge >= 0.3 is 0 Å². The van der Waals surface area contributed by atoms with Gasteiger partial charge in [0.05, 0.1) is 32.3 Å². The molecule has 1 aliphatic heterocycles. The number of halogens is 1. The molecule has 10 heteroatoms. The van der Waals surface area contributed by atoms with Gasteiger partial charge in [0.15, 0.2) is 11.5 Å². The molecule has 1 heterocycles. The standard InChI is InChI=1S/C28H33ClN2O7/c1-3-4-23(34)31(14-16-5-7-18(29)8-6-16)21-13-20(28(36)30-9-10-32)24-19-11-17(15-33)12-22(37-2)26(19)38-27(24)25(21)35/h5-8,11-13,21,24-25,27,32-33,35H,3-4,9-10,14-15H2,1-2H3,(H,30,36)/t21-,24+,25+,27+/m1/s1. The quantitative estimate of drug-likeness (QED) is 0.361. The Morgan fingerprint density at radius 1 is 1.16 bits per heavy atom. The van der Waals surface area contributed by atoms with E-state index in [2.05, 4.69) is 5.32 Å². The summed E-state index contributed by atoms with van der Waals surface area (Å²) in [5.74, 6) is -0.532. The van der Waals surface area contributed by atoms with Crippen LogP contribution >= 0.6 is 11.6 Å². The van der Waals surface area contributed by atoms with Crippen LogP contribution in [-0.4, -0.2) is 70.5 Å². The minimum Gasteiger partial charge on any atom is -0.493 e. The fourth-order valence-corrected chi connectivity index (χ4v) is 5.25. The van der Waals surface area contributed by atoms with Gasteiger partial charge in [0, 0.05) is 35.7 Å². The summed E-state index contributed by atoms with van der Waals surface area (Å²) >= 11 is 6.04. The average molecular weight is 545 g/mol. The third kappa shape index (κ3) is 5.51. The molecule has 0 saturated heterocycles. The summed E-state index contributed by atoms with van der Waals surface area (Å²) in [6.07, 6.45) is 0.441. The molecule has 2 aromatic rings. The Morgan fingerprint density at radius 2 is 1.89 bits per heavy atom.